The second-order valence-corrected chi connectivity index (χ2v) is 5.49. The summed E-state index contributed by atoms with van der Waals surface area (Å²) in [5.74, 6) is 0.181. The number of hydrogen-bond donors (Lipinski definition) is 2. The minimum Gasteiger partial charge on any atom is -0.353 e. The normalized spacial score (nSPS) is 24.1. The molecule has 1 heterocycles. The van der Waals surface area contributed by atoms with Gasteiger partial charge < -0.3 is 10.6 Å². The topological polar surface area (TPSA) is 44.4 Å². The number of likely N-dealkylation sites (N-methyl/N-ethyl adjacent to an activating group) is 1. The fourth-order valence-corrected chi connectivity index (χ4v) is 2.43. The minimum atomic E-state index is 0. The van der Waals surface area contributed by atoms with Crippen molar-refractivity contribution in [1.29, 1.82) is 0 Å². The van der Waals surface area contributed by atoms with Crippen molar-refractivity contribution < 1.29 is 4.79 Å². The highest BCUT2D eigenvalue weighted by Crippen LogP contribution is 2.26. The Kier molecular flexibility index (Phi) is 8.99. The van der Waals surface area contributed by atoms with Crippen LogP contribution in [0.3, 0.4) is 0 Å². The molecule has 0 aromatic carbocycles. The average Bonchev–Trinajstić information content (AvgIpc) is 3.20. The predicted octanol–water partition coefficient (Wildman–Crippen LogP) is 1.57. The van der Waals surface area contributed by atoms with Gasteiger partial charge in [-0.3, -0.25) is 9.69 Å². The van der Waals surface area contributed by atoms with E-state index in [9.17, 15) is 4.79 Å². The van der Waals surface area contributed by atoms with E-state index in [1.54, 1.807) is 0 Å². The van der Waals surface area contributed by atoms with Crippen LogP contribution in [0.4, 0.5) is 0 Å². The van der Waals surface area contributed by atoms with Crippen molar-refractivity contribution in [2.45, 2.75) is 57.2 Å². The molecule has 0 radical (unpaired) electrons. The lowest BCUT2D eigenvalue weighted by Gasteiger charge is -2.27. The van der Waals surface area contributed by atoms with E-state index < -0.39 is 0 Å². The number of carbonyl (C=O) groups is 1. The maximum atomic E-state index is 11.9. The minimum absolute atomic E-state index is 0. The summed E-state index contributed by atoms with van der Waals surface area (Å²) in [6.45, 7) is 3.94. The summed E-state index contributed by atoms with van der Waals surface area (Å²) in [6.07, 6.45) is 5.99. The molecule has 2 fully saturated rings. The summed E-state index contributed by atoms with van der Waals surface area (Å²) in [5.41, 5.74) is 0. The Hall–Kier alpha value is -0.0300. The van der Waals surface area contributed by atoms with Gasteiger partial charge in [0.25, 0.3) is 0 Å². The van der Waals surface area contributed by atoms with Crippen molar-refractivity contribution in [3.63, 3.8) is 0 Å². The van der Waals surface area contributed by atoms with Gasteiger partial charge in [0.1, 0.15) is 0 Å². The van der Waals surface area contributed by atoms with Gasteiger partial charge in [-0.1, -0.05) is 6.42 Å². The molecule has 1 amide bonds. The Labute approximate surface area is 128 Å². The zero-order chi connectivity index (χ0) is 12.3. The zero-order valence-electron chi connectivity index (χ0n) is 11.9. The van der Waals surface area contributed by atoms with Gasteiger partial charge in [-0.25, -0.2) is 0 Å². The number of amides is 1. The molecule has 1 unspecified atom stereocenters. The van der Waals surface area contributed by atoms with Crippen LogP contribution >= 0.6 is 24.8 Å². The zero-order valence-corrected chi connectivity index (χ0v) is 13.5. The van der Waals surface area contributed by atoms with Crippen LogP contribution in [0, 0.1) is 0 Å². The number of rotatable bonds is 5. The molecule has 2 N–H and O–H groups in total. The van der Waals surface area contributed by atoms with Crippen LogP contribution in [0.15, 0.2) is 0 Å². The molecule has 1 saturated carbocycles. The van der Waals surface area contributed by atoms with E-state index in [1.807, 2.05) is 0 Å². The van der Waals surface area contributed by atoms with Crippen molar-refractivity contribution in [3.8, 4) is 0 Å². The van der Waals surface area contributed by atoms with Crippen molar-refractivity contribution >= 4 is 30.7 Å². The molecule has 0 bridgehead atoms. The van der Waals surface area contributed by atoms with Gasteiger partial charge in [-0.2, -0.15) is 0 Å². The number of halogens is 2. The number of nitrogens with zero attached hydrogens (tertiary/aromatic N) is 1. The Morgan fingerprint density at radius 3 is 2.53 bits per heavy atom. The summed E-state index contributed by atoms with van der Waals surface area (Å²) >= 11 is 0. The Morgan fingerprint density at radius 2 is 2.00 bits per heavy atom. The third kappa shape index (κ3) is 5.86. The standard InChI is InChI=1S/C13H25N3O.2ClH/c1-10(16(2)11-6-7-11)9-15-13(17)12-5-3-4-8-14-12;;/h10-12,14H,3-9H2,1-2H3,(H,15,17);2*1H/t10?,12-;;/m1../s1. The third-order valence-corrected chi connectivity index (χ3v) is 4.02. The molecule has 1 saturated heterocycles. The van der Waals surface area contributed by atoms with Crippen LogP contribution in [0.5, 0.6) is 0 Å². The van der Waals surface area contributed by atoms with Crippen LogP contribution in [0.25, 0.3) is 0 Å². The highest BCUT2D eigenvalue weighted by molar-refractivity contribution is 5.85. The van der Waals surface area contributed by atoms with Gasteiger partial charge in [0.15, 0.2) is 0 Å². The van der Waals surface area contributed by atoms with E-state index in [2.05, 4.69) is 29.5 Å². The lowest BCUT2D eigenvalue weighted by molar-refractivity contribution is -0.123. The van der Waals surface area contributed by atoms with Crippen molar-refractivity contribution in [2.75, 3.05) is 20.1 Å². The highest BCUT2D eigenvalue weighted by Gasteiger charge is 2.29. The van der Waals surface area contributed by atoms with E-state index in [-0.39, 0.29) is 36.8 Å². The van der Waals surface area contributed by atoms with Gasteiger partial charge in [0.05, 0.1) is 6.04 Å². The second-order valence-electron chi connectivity index (χ2n) is 5.49. The smallest absolute Gasteiger partial charge is 0.237 e. The monoisotopic (exact) mass is 311 g/mol. The van der Waals surface area contributed by atoms with E-state index in [1.165, 1.54) is 25.7 Å². The quantitative estimate of drug-likeness (QED) is 0.810. The highest BCUT2D eigenvalue weighted by atomic mass is 35.5. The molecule has 4 nitrogen and oxygen atoms in total. The first kappa shape index (κ1) is 19.0. The van der Waals surface area contributed by atoms with Crippen molar-refractivity contribution in [2.24, 2.45) is 0 Å². The molecule has 2 rings (SSSR count). The molecule has 0 spiro atoms. The van der Waals surface area contributed by atoms with Gasteiger partial charge in [0, 0.05) is 18.6 Å². The molecule has 2 aliphatic rings. The molecule has 1 aliphatic carbocycles. The van der Waals surface area contributed by atoms with E-state index in [0.29, 0.717) is 6.04 Å². The molecule has 2 atom stereocenters. The molecular weight excluding hydrogens is 285 g/mol. The Morgan fingerprint density at radius 1 is 1.32 bits per heavy atom. The van der Waals surface area contributed by atoms with Crippen LogP contribution < -0.4 is 10.6 Å². The number of nitrogens with one attached hydrogen (secondary N) is 2. The first-order valence-electron chi connectivity index (χ1n) is 6.91. The summed E-state index contributed by atoms with van der Waals surface area (Å²) in [6, 6.07) is 1.24. The van der Waals surface area contributed by atoms with E-state index in [0.717, 1.165) is 25.6 Å². The van der Waals surface area contributed by atoms with Crippen LogP contribution in [-0.4, -0.2) is 49.1 Å². The first-order valence-corrected chi connectivity index (χ1v) is 6.91. The van der Waals surface area contributed by atoms with E-state index >= 15 is 0 Å². The Bertz CT molecular complexity index is 269. The largest absolute Gasteiger partial charge is 0.353 e. The summed E-state index contributed by atoms with van der Waals surface area (Å²) in [7, 11) is 2.16. The first-order chi connectivity index (χ1) is 8.18. The third-order valence-electron chi connectivity index (χ3n) is 4.02. The predicted molar refractivity (Wildman–Crippen MR) is 83.4 cm³/mol. The van der Waals surface area contributed by atoms with Gasteiger partial charge in [0.2, 0.25) is 5.91 Å². The maximum Gasteiger partial charge on any atom is 0.237 e. The van der Waals surface area contributed by atoms with E-state index in [4.69, 9.17) is 0 Å². The van der Waals surface area contributed by atoms with Gasteiger partial charge in [-0.15, -0.1) is 24.8 Å². The number of piperidine rings is 1. The van der Waals surface area contributed by atoms with Gasteiger partial charge >= 0.3 is 0 Å². The molecule has 19 heavy (non-hydrogen) atoms. The number of hydrogen-bond acceptors (Lipinski definition) is 3. The summed E-state index contributed by atoms with van der Waals surface area (Å²) < 4.78 is 0. The lowest BCUT2D eigenvalue weighted by Crippen LogP contribution is -2.49. The average molecular weight is 312 g/mol. The molecule has 6 heteroatoms. The van der Waals surface area contributed by atoms with Crippen LogP contribution in [0.2, 0.25) is 0 Å². The van der Waals surface area contributed by atoms with Crippen LogP contribution in [0.1, 0.15) is 39.0 Å². The Balaban J connectivity index is 0.00000162. The fraction of sp³-hybridized carbons (Fsp3) is 0.923. The molecule has 114 valence electrons. The SMILES string of the molecule is CC(CNC(=O)[C@H]1CCCCN1)N(C)C1CC1.Cl.Cl. The molecule has 0 aromatic rings. The maximum absolute atomic E-state index is 11.9. The van der Waals surface area contributed by atoms with Gasteiger partial charge in [-0.05, 0) is 46.2 Å². The van der Waals surface area contributed by atoms with Crippen molar-refractivity contribution in [1.82, 2.24) is 15.5 Å². The number of carbonyl (C=O) groups excluding carboxylic acids is 1. The summed E-state index contributed by atoms with van der Waals surface area (Å²) in [5, 5.41) is 6.35. The lowest BCUT2D eigenvalue weighted by atomic mass is 10.0. The second kappa shape index (κ2) is 9.01. The molecule has 0 aromatic heterocycles. The fourth-order valence-electron chi connectivity index (χ4n) is 2.43. The van der Waals surface area contributed by atoms with Crippen LogP contribution in [-0.2, 0) is 4.79 Å². The molecule has 1 aliphatic heterocycles. The molecular formula is C13H27Cl2N3O. The van der Waals surface area contributed by atoms with Crippen molar-refractivity contribution in [3.05, 3.63) is 0 Å². The summed E-state index contributed by atoms with van der Waals surface area (Å²) in [4.78, 5) is 14.3.